The number of para-hydroxylation sites is 1. The number of aromatic nitrogens is 1. The van der Waals surface area contributed by atoms with Crippen molar-refractivity contribution < 1.29 is 4.79 Å². The predicted molar refractivity (Wildman–Crippen MR) is 103 cm³/mol. The summed E-state index contributed by atoms with van der Waals surface area (Å²) >= 11 is 1.73. The molecular formula is C20H21N3OS. The van der Waals surface area contributed by atoms with E-state index in [0.29, 0.717) is 11.6 Å². The van der Waals surface area contributed by atoms with Crippen LogP contribution in [0.4, 0.5) is 5.82 Å². The van der Waals surface area contributed by atoms with Crippen LogP contribution in [0.15, 0.2) is 29.6 Å². The quantitative estimate of drug-likeness (QED) is 0.716. The first kappa shape index (κ1) is 15.1. The van der Waals surface area contributed by atoms with Crippen molar-refractivity contribution in [2.24, 2.45) is 11.8 Å². The lowest BCUT2D eigenvalue weighted by atomic mass is 10.0. The van der Waals surface area contributed by atoms with Gasteiger partial charge in [-0.15, -0.1) is 11.3 Å². The van der Waals surface area contributed by atoms with Gasteiger partial charge in [0.2, 0.25) is 0 Å². The van der Waals surface area contributed by atoms with E-state index in [-0.39, 0.29) is 5.91 Å². The zero-order valence-corrected chi connectivity index (χ0v) is 15.0. The highest BCUT2D eigenvalue weighted by Crippen LogP contribution is 2.46. The maximum absolute atomic E-state index is 12.3. The normalized spacial score (nSPS) is 17.4. The lowest BCUT2D eigenvalue weighted by Gasteiger charge is -2.19. The van der Waals surface area contributed by atoms with E-state index in [1.54, 1.807) is 18.4 Å². The van der Waals surface area contributed by atoms with Crippen LogP contribution in [0, 0.1) is 11.8 Å². The molecule has 4 nitrogen and oxygen atoms in total. The zero-order valence-electron chi connectivity index (χ0n) is 14.2. The summed E-state index contributed by atoms with van der Waals surface area (Å²) in [6, 6.07) is 8.55. The average Bonchev–Trinajstić information content (AvgIpc) is 3.57. The third-order valence-corrected chi connectivity index (χ3v) is 6.39. The molecule has 1 amide bonds. The minimum absolute atomic E-state index is 0.0837. The fraction of sp³-hybridized carbons (Fsp3) is 0.400. The Bertz CT molecular complexity index is 960. The molecule has 2 heterocycles. The lowest BCUT2D eigenvalue weighted by Crippen LogP contribution is -2.25. The summed E-state index contributed by atoms with van der Waals surface area (Å²) in [7, 11) is 1.67. The maximum Gasteiger partial charge on any atom is 0.253 e. The molecule has 0 aliphatic heterocycles. The van der Waals surface area contributed by atoms with E-state index in [4.69, 9.17) is 4.98 Å². The van der Waals surface area contributed by atoms with Crippen LogP contribution in [0.25, 0.3) is 21.0 Å². The van der Waals surface area contributed by atoms with Gasteiger partial charge in [0.15, 0.2) is 0 Å². The van der Waals surface area contributed by atoms with Crippen molar-refractivity contribution in [3.63, 3.8) is 0 Å². The molecule has 2 aliphatic rings. The Morgan fingerprint density at radius 1 is 1.16 bits per heavy atom. The largest absolute Gasteiger partial charge is 0.366 e. The van der Waals surface area contributed by atoms with E-state index in [1.165, 1.54) is 35.8 Å². The Hall–Kier alpha value is -2.14. The van der Waals surface area contributed by atoms with Gasteiger partial charge in [0.05, 0.1) is 15.8 Å². The van der Waals surface area contributed by atoms with Crippen LogP contribution in [0.2, 0.25) is 0 Å². The summed E-state index contributed by atoms with van der Waals surface area (Å²) in [5.74, 6) is 2.47. The van der Waals surface area contributed by atoms with E-state index in [9.17, 15) is 4.79 Å². The van der Waals surface area contributed by atoms with E-state index < -0.39 is 0 Å². The molecule has 2 aliphatic carbocycles. The number of benzene rings is 1. The van der Waals surface area contributed by atoms with Crippen molar-refractivity contribution in [1.29, 1.82) is 0 Å². The Labute approximate surface area is 150 Å². The number of hydrogen-bond acceptors (Lipinski definition) is 4. The number of carbonyl (C=O) groups excluding carboxylic acids is 1. The number of pyridine rings is 1. The van der Waals surface area contributed by atoms with Crippen LogP contribution in [0.5, 0.6) is 0 Å². The average molecular weight is 351 g/mol. The van der Waals surface area contributed by atoms with Crippen LogP contribution in [-0.4, -0.2) is 24.0 Å². The molecule has 0 bridgehead atoms. The van der Waals surface area contributed by atoms with Crippen LogP contribution in [-0.2, 0) is 0 Å². The molecule has 1 aromatic carbocycles. The number of carbonyl (C=O) groups is 1. The fourth-order valence-electron chi connectivity index (χ4n) is 3.85. The number of anilines is 1. The summed E-state index contributed by atoms with van der Waals surface area (Å²) in [6.45, 7) is 0. The molecule has 2 fully saturated rings. The van der Waals surface area contributed by atoms with Crippen molar-refractivity contribution in [2.45, 2.75) is 31.7 Å². The first-order valence-corrected chi connectivity index (χ1v) is 9.93. The molecular weight excluding hydrogens is 330 g/mol. The molecule has 0 saturated heterocycles. The molecule has 2 saturated carbocycles. The highest BCUT2D eigenvalue weighted by molar-refractivity contribution is 7.18. The number of amides is 1. The smallest absolute Gasteiger partial charge is 0.253 e. The molecule has 2 aromatic heterocycles. The highest BCUT2D eigenvalue weighted by atomic mass is 32.1. The van der Waals surface area contributed by atoms with Crippen LogP contribution in [0.3, 0.4) is 0 Å². The fourth-order valence-corrected chi connectivity index (χ4v) is 4.71. The molecule has 0 atom stereocenters. The van der Waals surface area contributed by atoms with E-state index in [0.717, 1.165) is 28.6 Å². The Morgan fingerprint density at radius 2 is 1.92 bits per heavy atom. The van der Waals surface area contributed by atoms with Gasteiger partial charge in [0.25, 0.3) is 5.91 Å². The van der Waals surface area contributed by atoms with Crippen LogP contribution < -0.4 is 10.6 Å². The van der Waals surface area contributed by atoms with Crippen molar-refractivity contribution in [3.8, 4) is 0 Å². The predicted octanol–water partition coefficient (Wildman–Crippen LogP) is 4.41. The first-order chi connectivity index (χ1) is 12.3. The molecule has 5 heteroatoms. The Kier molecular flexibility index (Phi) is 3.45. The van der Waals surface area contributed by atoms with Crippen LogP contribution >= 0.6 is 11.3 Å². The van der Waals surface area contributed by atoms with Crippen LogP contribution in [0.1, 0.15) is 36.0 Å². The van der Waals surface area contributed by atoms with Crippen molar-refractivity contribution in [3.05, 3.63) is 35.2 Å². The SMILES string of the molecule is CNC(=O)c1cccc2c1nc(NC(C1CC1)C1CC1)c1sccc12. The zero-order chi connectivity index (χ0) is 17.0. The van der Waals surface area contributed by atoms with E-state index >= 15 is 0 Å². The Balaban J connectivity index is 1.68. The Morgan fingerprint density at radius 3 is 2.60 bits per heavy atom. The molecule has 2 N–H and O–H groups in total. The minimum atomic E-state index is -0.0837. The second kappa shape index (κ2) is 5.70. The van der Waals surface area contributed by atoms with Crippen molar-refractivity contribution >= 4 is 44.1 Å². The molecule has 25 heavy (non-hydrogen) atoms. The summed E-state index contributed by atoms with van der Waals surface area (Å²) in [6.07, 6.45) is 5.33. The van der Waals surface area contributed by atoms with Gasteiger partial charge in [-0.05, 0) is 55.0 Å². The molecule has 0 unspecified atom stereocenters. The van der Waals surface area contributed by atoms with Gasteiger partial charge in [-0.3, -0.25) is 4.79 Å². The van der Waals surface area contributed by atoms with E-state index in [1.807, 2.05) is 12.1 Å². The summed E-state index contributed by atoms with van der Waals surface area (Å²) in [5, 5.41) is 10.9. The van der Waals surface area contributed by atoms with Gasteiger partial charge in [0, 0.05) is 23.9 Å². The summed E-state index contributed by atoms with van der Waals surface area (Å²) in [4.78, 5) is 17.2. The van der Waals surface area contributed by atoms with Gasteiger partial charge in [-0.25, -0.2) is 4.98 Å². The summed E-state index contributed by atoms with van der Waals surface area (Å²) in [5.41, 5.74) is 1.44. The summed E-state index contributed by atoms with van der Waals surface area (Å²) < 4.78 is 1.20. The monoisotopic (exact) mass is 351 g/mol. The number of hydrogen-bond donors (Lipinski definition) is 2. The van der Waals surface area contributed by atoms with Gasteiger partial charge < -0.3 is 10.6 Å². The number of thiophene rings is 1. The molecule has 5 rings (SSSR count). The van der Waals surface area contributed by atoms with Gasteiger partial charge in [-0.2, -0.15) is 0 Å². The molecule has 0 spiro atoms. The van der Waals surface area contributed by atoms with E-state index in [2.05, 4.69) is 28.1 Å². The number of nitrogens with zero attached hydrogens (tertiary/aromatic N) is 1. The number of rotatable bonds is 5. The molecule has 0 radical (unpaired) electrons. The minimum Gasteiger partial charge on any atom is -0.366 e. The van der Waals surface area contributed by atoms with Crippen molar-refractivity contribution in [2.75, 3.05) is 12.4 Å². The van der Waals surface area contributed by atoms with Crippen molar-refractivity contribution in [1.82, 2.24) is 10.3 Å². The second-order valence-electron chi connectivity index (χ2n) is 7.25. The lowest BCUT2D eigenvalue weighted by molar-refractivity contribution is 0.0964. The second-order valence-corrected chi connectivity index (χ2v) is 8.17. The standard InChI is InChI=1S/C20H21N3OS/c1-21-20(24)15-4-2-3-13-14-9-10-25-18(14)19(23-17(13)15)22-16(11-5-6-11)12-7-8-12/h2-4,9-12,16H,5-8H2,1H3,(H,21,24)(H,22,23). The maximum atomic E-state index is 12.3. The number of nitrogens with one attached hydrogen (secondary N) is 2. The number of fused-ring (bicyclic) bond motifs is 3. The molecule has 3 aromatic rings. The molecule has 128 valence electrons. The van der Waals surface area contributed by atoms with Gasteiger partial charge in [-0.1, -0.05) is 12.1 Å². The van der Waals surface area contributed by atoms with Gasteiger partial charge >= 0.3 is 0 Å². The van der Waals surface area contributed by atoms with Gasteiger partial charge in [0.1, 0.15) is 5.82 Å². The topological polar surface area (TPSA) is 54.0 Å². The third-order valence-electron chi connectivity index (χ3n) is 5.46. The highest BCUT2D eigenvalue weighted by Gasteiger charge is 2.41. The first-order valence-electron chi connectivity index (χ1n) is 9.05. The third kappa shape index (κ3) is 2.58.